The van der Waals surface area contributed by atoms with Crippen LogP contribution in [0.4, 0.5) is 10.1 Å². The standard InChI is InChI=1S/C27H26FN3O5/c1-2-11-30-21-6-4-3-5-20(21)27(26(30)35)22(23(32)18-7-9-19(28)10-8-18)24(33)25(34)31(27)13-12-29-14-16-36-17-15-29/h2-10,32H,1,11-17H2/b23-22+. The van der Waals surface area contributed by atoms with Gasteiger partial charge in [-0.05, 0) is 30.3 Å². The van der Waals surface area contributed by atoms with Crippen molar-refractivity contribution >= 4 is 29.0 Å². The summed E-state index contributed by atoms with van der Waals surface area (Å²) < 4.78 is 19.0. The number of likely N-dealkylation sites (tertiary alicyclic amines) is 1. The highest BCUT2D eigenvalue weighted by molar-refractivity contribution is 6.50. The summed E-state index contributed by atoms with van der Waals surface area (Å²) in [5.41, 5.74) is -1.06. The molecule has 1 spiro atoms. The zero-order valence-corrected chi connectivity index (χ0v) is 19.7. The first-order valence-electron chi connectivity index (χ1n) is 11.8. The van der Waals surface area contributed by atoms with Crippen LogP contribution in [-0.4, -0.2) is 78.4 Å². The number of fused-ring (bicyclic) bond motifs is 2. The van der Waals surface area contributed by atoms with Crippen LogP contribution in [0.2, 0.25) is 0 Å². The lowest BCUT2D eigenvalue weighted by atomic mass is 9.82. The molecule has 0 saturated carbocycles. The summed E-state index contributed by atoms with van der Waals surface area (Å²) in [7, 11) is 0. The highest BCUT2D eigenvalue weighted by Crippen LogP contribution is 2.53. The summed E-state index contributed by atoms with van der Waals surface area (Å²) >= 11 is 0. The minimum absolute atomic E-state index is 0.0901. The van der Waals surface area contributed by atoms with Crippen LogP contribution in [0.1, 0.15) is 11.1 Å². The third-order valence-electron chi connectivity index (χ3n) is 6.98. The Kier molecular flexibility index (Phi) is 6.19. The normalized spacial score (nSPS) is 23.5. The van der Waals surface area contributed by atoms with Gasteiger partial charge >= 0.3 is 0 Å². The smallest absolute Gasteiger partial charge is 0.296 e. The number of hydrogen-bond donors (Lipinski definition) is 1. The highest BCUT2D eigenvalue weighted by Gasteiger charge is 2.66. The molecular formula is C27H26FN3O5. The van der Waals surface area contributed by atoms with Gasteiger partial charge in [0, 0.05) is 43.9 Å². The molecule has 0 aliphatic carbocycles. The number of hydrogen-bond acceptors (Lipinski definition) is 6. The Labute approximate surface area is 207 Å². The van der Waals surface area contributed by atoms with Crippen LogP contribution in [-0.2, 0) is 24.7 Å². The summed E-state index contributed by atoms with van der Waals surface area (Å²) in [5.74, 6) is -3.39. The Bertz CT molecular complexity index is 1270. The molecule has 2 fully saturated rings. The third-order valence-corrected chi connectivity index (χ3v) is 6.98. The van der Waals surface area contributed by atoms with Crippen molar-refractivity contribution < 1.29 is 28.6 Å². The van der Waals surface area contributed by atoms with E-state index in [0.29, 0.717) is 44.1 Å². The predicted molar refractivity (Wildman–Crippen MR) is 131 cm³/mol. The van der Waals surface area contributed by atoms with Gasteiger partial charge in [-0.15, -0.1) is 6.58 Å². The lowest BCUT2D eigenvalue weighted by molar-refractivity contribution is -0.144. The summed E-state index contributed by atoms with van der Waals surface area (Å²) in [6, 6.07) is 11.8. The number of rotatable bonds is 6. The summed E-state index contributed by atoms with van der Waals surface area (Å²) in [5, 5.41) is 11.4. The number of carbonyl (C=O) groups excluding carboxylic acids is 3. The van der Waals surface area contributed by atoms with Gasteiger partial charge in [0.05, 0.1) is 24.5 Å². The fourth-order valence-corrected chi connectivity index (χ4v) is 5.30. The molecule has 2 saturated heterocycles. The van der Waals surface area contributed by atoms with E-state index in [1.54, 1.807) is 30.3 Å². The summed E-state index contributed by atoms with van der Waals surface area (Å²) in [6.07, 6.45) is 1.56. The molecule has 0 aromatic heterocycles. The highest BCUT2D eigenvalue weighted by atomic mass is 19.1. The van der Waals surface area contributed by atoms with E-state index in [2.05, 4.69) is 11.5 Å². The van der Waals surface area contributed by atoms with Crippen LogP contribution < -0.4 is 4.90 Å². The van der Waals surface area contributed by atoms with Crippen LogP contribution in [0.15, 0.2) is 66.8 Å². The molecule has 1 atom stereocenters. The molecule has 1 unspecified atom stereocenters. The molecule has 5 rings (SSSR count). The van der Waals surface area contributed by atoms with Gasteiger partial charge in [0.1, 0.15) is 11.6 Å². The van der Waals surface area contributed by atoms with Gasteiger partial charge in [0.2, 0.25) is 0 Å². The number of para-hydroxylation sites is 1. The SMILES string of the molecule is C=CCN1C(=O)C2(/C(=C(/O)c3ccc(F)cc3)C(=O)C(=O)N2CCN2CCOCC2)c2ccccc21. The van der Waals surface area contributed by atoms with E-state index in [4.69, 9.17) is 4.74 Å². The Balaban J connectivity index is 1.71. The van der Waals surface area contributed by atoms with E-state index in [1.165, 1.54) is 21.9 Å². The molecule has 3 aliphatic heterocycles. The number of Topliss-reactive ketones (excluding diaryl/α,β-unsaturated/α-hetero) is 1. The molecule has 0 radical (unpaired) electrons. The number of nitrogens with zero attached hydrogens (tertiary/aromatic N) is 3. The minimum Gasteiger partial charge on any atom is -0.507 e. The van der Waals surface area contributed by atoms with Crippen molar-refractivity contribution in [2.24, 2.45) is 0 Å². The molecule has 1 N–H and O–H groups in total. The van der Waals surface area contributed by atoms with Crippen LogP contribution in [0.3, 0.4) is 0 Å². The molecule has 2 amide bonds. The Morgan fingerprint density at radius 1 is 1.06 bits per heavy atom. The number of ketones is 1. The minimum atomic E-state index is -1.85. The van der Waals surface area contributed by atoms with Crippen LogP contribution in [0.25, 0.3) is 5.76 Å². The second kappa shape index (κ2) is 9.33. The number of benzene rings is 2. The second-order valence-corrected chi connectivity index (χ2v) is 8.90. The van der Waals surface area contributed by atoms with E-state index in [0.717, 1.165) is 12.1 Å². The molecule has 186 valence electrons. The Morgan fingerprint density at radius 3 is 2.44 bits per heavy atom. The number of ether oxygens (including phenoxy) is 1. The lowest BCUT2D eigenvalue weighted by Crippen LogP contribution is -2.54. The quantitative estimate of drug-likeness (QED) is 0.289. The van der Waals surface area contributed by atoms with Crippen molar-refractivity contribution in [3.63, 3.8) is 0 Å². The summed E-state index contributed by atoms with van der Waals surface area (Å²) in [4.78, 5) is 46.1. The van der Waals surface area contributed by atoms with Crippen molar-refractivity contribution in [2.45, 2.75) is 5.54 Å². The van der Waals surface area contributed by atoms with E-state index < -0.39 is 34.7 Å². The molecule has 9 heteroatoms. The van der Waals surface area contributed by atoms with Gasteiger partial charge in [-0.3, -0.25) is 19.3 Å². The number of aliphatic hydroxyl groups is 1. The van der Waals surface area contributed by atoms with Crippen molar-refractivity contribution in [3.05, 3.63) is 83.7 Å². The topological polar surface area (TPSA) is 90.4 Å². The average molecular weight is 492 g/mol. The van der Waals surface area contributed by atoms with Crippen LogP contribution in [0, 0.1) is 5.82 Å². The monoisotopic (exact) mass is 491 g/mol. The number of aliphatic hydroxyl groups excluding tert-OH is 1. The zero-order valence-electron chi connectivity index (χ0n) is 19.7. The number of anilines is 1. The average Bonchev–Trinajstić information content (AvgIpc) is 3.27. The van der Waals surface area contributed by atoms with Crippen LogP contribution >= 0.6 is 0 Å². The zero-order chi connectivity index (χ0) is 25.4. The van der Waals surface area contributed by atoms with Gasteiger partial charge in [-0.1, -0.05) is 24.3 Å². The molecule has 8 nitrogen and oxygen atoms in total. The lowest BCUT2D eigenvalue weighted by Gasteiger charge is -2.36. The summed E-state index contributed by atoms with van der Waals surface area (Å²) in [6.45, 7) is 6.86. The van der Waals surface area contributed by atoms with Gasteiger partial charge < -0.3 is 19.6 Å². The molecule has 2 aromatic carbocycles. The maximum atomic E-state index is 14.2. The molecule has 0 bridgehead atoms. The van der Waals surface area contributed by atoms with Crippen molar-refractivity contribution in [1.29, 1.82) is 0 Å². The van der Waals surface area contributed by atoms with E-state index in [1.807, 2.05) is 0 Å². The molecule has 3 aliphatic rings. The Morgan fingerprint density at radius 2 is 1.75 bits per heavy atom. The van der Waals surface area contributed by atoms with Crippen molar-refractivity contribution in [1.82, 2.24) is 9.80 Å². The maximum absolute atomic E-state index is 14.2. The fraction of sp³-hybridized carbons (Fsp3) is 0.296. The molecular weight excluding hydrogens is 465 g/mol. The first kappa shape index (κ1) is 23.9. The second-order valence-electron chi connectivity index (χ2n) is 8.90. The predicted octanol–water partition coefficient (Wildman–Crippen LogP) is 2.27. The van der Waals surface area contributed by atoms with E-state index >= 15 is 0 Å². The maximum Gasteiger partial charge on any atom is 0.296 e. The van der Waals surface area contributed by atoms with Gasteiger partial charge in [-0.25, -0.2) is 4.39 Å². The number of halogens is 1. The Hall–Kier alpha value is -3.82. The van der Waals surface area contributed by atoms with Crippen molar-refractivity contribution in [3.8, 4) is 0 Å². The van der Waals surface area contributed by atoms with Crippen LogP contribution in [0.5, 0.6) is 0 Å². The molecule has 36 heavy (non-hydrogen) atoms. The van der Waals surface area contributed by atoms with E-state index in [-0.39, 0.29) is 24.2 Å². The number of amides is 2. The van der Waals surface area contributed by atoms with Gasteiger partial charge in [0.25, 0.3) is 17.6 Å². The largest absolute Gasteiger partial charge is 0.507 e. The van der Waals surface area contributed by atoms with Crippen molar-refractivity contribution in [2.75, 3.05) is 50.8 Å². The fourth-order valence-electron chi connectivity index (χ4n) is 5.30. The van der Waals surface area contributed by atoms with E-state index in [9.17, 15) is 23.9 Å². The first-order valence-corrected chi connectivity index (χ1v) is 11.8. The third kappa shape index (κ3) is 3.54. The number of carbonyl (C=O) groups is 3. The molecule has 2 aromatic rings. The first-order chi connectivity index (χ1) is 17.4. The van der Waals surface area contributed by atoms with Gasteiger partial charge in [0.15, 0.2) is 5.54 Å². The van der Waals surface area contributed by atoms with Gasteiger partial charge in [-0.2, -0.15) is 0 Å². The number of morpholine rings is 1. The molecule has 3 heterocycles.